The van der Waals surface area contributed by atoms with E-state index in [4.69, 9.17) is 57.2 Å². The molecule has 0 fully saturated rings. The number of hydrogen-bond donors (Lipinski definition) is 0. The largest absolute Gasteiger partial charge is 0.753 e. The second-order valence-corrected chi connectivity index (χ2v) is 7.64. The van der Waals surface area contributed by atoms with Gasteiger partial charge in [-0.05, 0) is 6.92 Å². The summed E-state index contributed by atoms with van der Waals surface area (Å²) in [4.78, 5) is 0. The molecule has 2 heterocycles. The highest BCUT2D eigenvalue weighted by molar-refractivity contribution is 7.78. The molecular weight excluding hydrogens is 458 g/mol. The third-order valence-corrected chi connectivity index (χ3v) is 4.02. The summed E-state index contributed by atoms with van der Waals surface area (Å²) >= 11 is 30.0. The molecule has 0 spiro atoms. The maximum atomic E-state index is 7.13. The van der Waals surface area contributed by atoms with Crippen molar-refractivity contribution in [2.75, 3.05) is 0 Å². The number of isothiocyanates is 2. The Morgan fingerprint density at radius 2 is 1.46 bits per heavy atom. The molecule has 2 aromatic heterocycles. The Morgan fingerprint density at radius 1 is 1.04 bits per heavy atom. The zero-order valence-electron chi connectivity index (χ0n) is 14.3. The molecule has 0 aliphatic rings. The number of alkyl halides is 4. The lowest BCUT2D eigenvalue weighted by Crippen LogP contribution is -2.25. The fourth-order valence-electron chi connectivity index (χ4n) is 1.46. The quantitative estimate of drug-likeness (QED) is 0.284. The monoisotopic (exact) mass is 474 g/mol. The second-order valence-electron chi connectivity index (χ2n) is 4.50. The normalized spacial score (nSPS) is 10.4. The van der Waals surface area contributed by atoms with E-state index >= 15 is 0 Å². The van der Waals surface area contributed by atoms with Crippen molar-refractivity contribution in [3.8, 4) is 0 Å². The van der Waals surface area contributed by atoms with Gasteiger partial charge in [0.2, 0.25) is 21.9 Å². The van der Waals surface area contributed by atoms with Crippen molar-refractivity contribution in [3.05, 3.63) is 48.3 Å². The molecule has 0 aliphatic heterocycles. The number of thiocarbonyl (C=S) groups is 2. The third-order valence-electron chi connectivity index (χ3n) is 2.51. The third kappa shape index (κ3) is 13.4. The van der Waals surface area contributed by atoms with Gasteiger partial charge in [-0.1, -0.05) is 70.8 Å². The topological polar surface area (TPSA) is 62.2 Å². The van der Waals surface area contributed by atoms with Gasteiger partial charge in [0.15, 0.2) is 0 Å². The van der Waals surface area contributed by atoms with Crippen molar-refractivity contribution < 1.29 is 9.13 Å². The number of halogens is 4. The lowest BCUT2D eigenvalue weighted by atomic mass is 10.7. The van der Waals surface area contributed by atoms with Crippen molar-refractivity contribution in [3.63, 3.8) is 0 Å². The molecule has 0 aromatic carbocycles. The molecule has 144 valence electrons. The fraction of sp³-hybridized carbons (Fsp3) is 0.429. The molecule has 0 radical (unpaired) electrons. The Bertz CT molecular complexity index is 686. The molecule has 6 nitrogen and oxygen atoms in total. The van der Waals surface area contributed by atoms with E-state index in [9.17, 15) is 0 Å². The summed E-state index contributed by atoms with van der Waals surface area (Å²) in [6, 6.07) is 0. The van der Waals surface area contributed by atoms with E-state index in [-0.39, 0.29) is 0 Å². The van der Waals surface area contributed by atoms with Gasteiger partial charge in [-0.25, -0.2) is 18.3 Å². The molecule has 1 unspecified atom stereocenters. The van der Waals surface area contributed by atoms with Gasteiger partial charge in [0.05, 0.1) is 20.6 Å². The molecule has 2 aromatic rings. The van der Waals surface area contributed by atoms with Crippen LogP contribution in [0.2, 0.25) is 0 Å². The average molecular weight is 476 g/mol. The lowest BCUT2D eigenvalue weighted by molar-refractivity contribution is -0.671. The highest BCUT2D eigenvalue weighted by Gasteiger charge is 2.36. The van der Waals surface area contributed by atoms with Crippen LogP contribution in [-0.2, 0) is 20.6 Å². The number of hydrogen-bond acceptors (Lipinski definition) is 2. The second kappa shape index (κ2) is 15.3. The smallest absolute Gasteiger partial charge is 0.245 e. The van der Waals surface area contributed by atoms with Gasteiger partial charge in [-0.3, -0.25) is 0 Å². The Kier molecular flexibility index (Phi) is 16.1. The maximum absolute atomic E-state index is 7.13. The molecule has 0 N–H and O–H groups in total. The molecule has 0 amide bonds. The molecule has 2 rings (SSSR count). The van der Waals surface area contributed by atoms with E-state index in [1.165, 1.54) is 10.3 Å². The number of rotatable bonds is 2. The van der Waals surface area contributed by atoms with E-state index in [1.807, 2.05) is 35.6 Å². The average Bonchev–Trinajstić information content (AvgIpc) is 3.16. The first-order valence-corrected chi connectivity index (χ1v) is 9.22. The summed E-state index contributed by atoms with van der Waals surface area (Å²) in [5.41, 5.74) is -0.691. The zero-order chi connectivity index (χ0) is 20.8. The standard InChI is InChI=1S/C6H7Cl4N2.C6H11N2.2CNS/c1-11-2-3-12(4-11)5(7)6(8,9)10;1-3-8-5-4-7(2)6-8;2*2-1-3/h2-5H,1H3;4-6H,3H2,1-2H3;;/q2*+1;2*-1. The first-order valence-electron chi connectivity index (χ1n) is 6.84. The van der Waals surface area contributed by atoms with Crippen molar-refractivity contribution in [1.82, 2.24) is 9.13 Å². The van der Waals surface area contributed by atoms with Gasteiger partial charge in [0.25, 0.3) is 0 Å². The van der Waals surface area contributed by atoms with Crippen LogP contribution in [0.5, 0.6) is 0 Å². The molecule has 26 heavy (non-hydrogen) atoms. The zero-order valence-corrected chi connectivity index (χ0v) is 18.9. The highest BCUT2D eigenvalue weighted by atomic mass is 35.6. The van der Waals surface area contributed by atoms with Crippen LogP contribution in [0, 0.1) is 0 Å². The van der Waals surface area contributed by atoms with Gasteiger partial charge in [-0.2, -0.15) is 10.3 Å². The van der Waals surface area contributed by atoms with E-state index in [2.05, 4.69) is 48.5 Å². The van der Waals surface area contributed by atoms with E-state index in [1.54, 1.807) is 17.1 Å². The van der Waals surface area contributed by atoms with Crippen molar-refractivity contribution >= 4 is 81.2 Å². The number of aromatic nitrogens is 4. The van der Waals surface area contributed by atoms with E-state index in [0.717, 1.165) is 6.54 Å². The van der Waals surface area contributed by atoms with E-state index < -0.39 is 9.29 Å². The summed E-state index contributed by atoms with van der Waals surface area (Å²) < 4.78 is 6.09. The van der Waals surface area contributed by atoms with Crippen LogP contribution in [0.15, 0.2) is 37.4 Å². The van der Waals surface area contributed by atoms with Gasteiger partial charge in [0, 0.05) is 0 Å². The summed E-state index contributed by atoms with van der Waals surface area (Å²) in [6.45, 7) is 3.18. The van der Waals surface area contributed by atoms with Crippen LogP contribution in [-0.4, -0.2) is 23.2 Å². The van der Waals surface area contributed by atoms with Gasteiger partial charge in [-0.15, -0.1) is 0 Å². The summed E-state index contributed by atoms with van der Waals surface area (Å²) in [5, 5.41) is 16.9. The van der Waals surface area contributed by atoms with E-state index in [0.29, 0.717) is 0 Å². The molecule has 0 aliphatic carbocycles. The number of aryl methyl sites for hydroxylation is 3. The Labute approximate surface area is 183 Å². The minimum Gasteiger partial charge on any atom is -0.753 e. The van der Waals surface area contributed by atoms with Gasteiger partial charge in [0.1, 0.15) is 24.8 Å². The first kappa shape index (κ1) is 27.4. The molecule has 0 saturated carbocycles. The van der Waals surface area contributed by atoms with Crippen molar-refractivity contribution in [2.24, 2.45) is 14.1 Å². The molecule has 1 atom stereocenters. The van der Waals surface area contributed by atoms with Crippen molar-refractivity contribution in [1.29, 1.82) is 0 Å². The first-order chi connectivity index (χ1) is 12.1. The Balaban J connectivity index is 0. The van der Waals surface area contributed by atoms with Crippen molar-refractivity contribution in [2.45, 2.75) is 22.8 Å². The Morgan fingerprint density at radius 3 is 1.69 bits per heavy atom. The predicted octanol–water partition coefficient (Wildman–Crippen LogP) is 4.07. The maximum Gasteiger partial charge on any atom is 0.245 e. The van der Waals surface area contributed by atoms with Crippen LogP contribution in [0.4, 0.5) is 0 Å². The molecule has 0 bridgehead atoms. The molecule has 12 heteroatoms. The SMILES string of the molecule is CCn1cc[n+](C)c1.C[n+]1ccn(C(Cl)C(Cl)(Cl)Cl)c1.[N-]=C=S.[N-]=C=S. The van der Waals surface area contributed by atoms with Crippen LogP contribution in [0.25, 0.3) is 10.8 Å². The van der Waals surface area contributed by atoms with Gasteiger partial charge >= 0.3 is 0 Å². The fourth-order valence-corrected chi connectivity index (χ4v) is 1.91. The summed E-state index contributed by atoms with van der Waals surface area (Å²) in [6.07, 6.45) is 11.4. The minimum absolute atomic E-state index is 0.691. The highest BCUT2D eigenvalue weighted by Crippen LogP contribution is 2.40. The number of imidazole rings is 2. The molecule has 0 saturated heterocycles. The van der Waals surface area contributed by atoms with Crippen LogP contribution < -0.4 is 9.13 Å². The minimum atomic E-state index is -1.49. The summed E-state index contributed by atoms with van der Waals surface area (Å²) in [7, 11) is 3.88. The Hall–Kier alpha value is -0.820. The number of nitrogens with zero attached hydrogens (tertiary/aromatic N) is 6. The summed E-state index contributed by atoms with van der Waals surface area (Å²) in [5.74, 6) is 0. The van der Waals surface area contributed by atoms with Crippen LogP contribution in [0.1, 0.15) is 12.4 Å². The molecular formula is C14H18Cl4N6S2. The van der Waals surface area contributed by atoms with Crippen LogP contribution >= 0.6 is 70.8 Å². The van der Waals surface area contributed by atoms with Crippen LogP contribution in [0.3, 0.4) is 0 Å². The lowest BCUT2D eigenvalue weighted by Gasteiger charge is -2.13. The van der Waals surface area contributed by atoms with Gasteiger partial charge < -0.3 is 10.8 Å². The predicted molar refractivity (Wildman–Crippen MR) is 114 cm³/mol.